The average molecular weight is 333 g/mol. The summed E-state index contributed by atoms with van der Waals surface area (Å²) < 4.78 is 5.66. The first-order chi connectivity index (χ1) is 11.6. The van der Waals surface area contributed by atoms with Gasteiger partial charge in [-0.1, -0.05) is 6.07 Å². The quantitative estimate of drug-likeness (QED) is 0.823. The Morgan fingerprint density at radius 3 is 2.50 bits per heavy atom. The molecule has 0 saturated carbocycles. The molecule has 2 saturated heterocycles. The molecule has 1 aromatic rings. The van der Waals surface area contributed by atoms with Gasteiger partial charge in [-0.2, -0.15) is 0 Å². The number of benzene rings is 1. The molecule has 0 spiro atoms. The number of carbonyl (C=O) groups is 2. The molecule has 0 aromatic heterocycles. The van der Waals surface area contributed by atoms with E-state index >= 15 is 0 Å². The minimum Gasteiger partial charge on any atom is -0.508 e. The fourth-order valence-corrected chi connectivity index (χ4v) is 3.22. The second-order valence-corrected chi connectivity index (χ2v) is 6.23. The van der Waals surface area contributed by atoms with Crippen LogP contribution in [0.2, 0.25) is 0 Å². The van der Waals surface area contributed by atoms with E-state index in [1.54, 1.807) is 21.9 Å². The van der Waals surface area contributed by atoms with Crippen LogP contribution in [0.1, 0.15) is 23.2 Å². The van der Waals surface area contributed by atoms with Crippen molar-refractivity contribution in [2.75, 3.05) is 32.7 Å². The van der Waals surface area contributed by atoms with Crippen LogP contribution in [0.25, 0.3) is 0 Å². The van der Waals surface area contributed by atoms with Crippen LogP contribution in [0.5, 0.6) is 5.75 Å². The zero-order valence-corrected chi connectivity index (χ0v) is 13.6. The molecule has 0 unspecified atom stereocenters. The molecule has 2 fully saturated rings. The highest BCUT2D eigenvalue weighted by atomic mass is 16.5. The average Bonchev–Trinajstić information content (AvgIpc) is 3.10. The lowest BCUT2D eigenvalue weighted by atomic mass is 10.1. The lowest BCUT2D eigenvalue weighted by Crippen LogP contribution is -2.53. The Morgan fingerprint density at radius 2 is 1.88 bits per heavy atom. The van der Waals surface area contributed by atoms with Crippen LogP contribution in [0.3, 0.4) is 0 Å². The first kappa shape index (κ1) is 16.7. The molecule has 130 valence electrons. The predicted octanol–water partition coefficient (Wildman–Crippen LogP) is 0.183. The number of nitrogens with two attached hydrogens (primary N) is 1. The van der Waals surface area contributed by atoms with Gasteiger partial charge in [-0.15, -0.1) is 0 Å². The van der Waals surface area contributed by atoms with E-state index in [-0.39, 0.29) is 23.7 Å². The summed E-state index contributed by atoms with van der Waals surface area (Å²) in [6.45, 7) is 2.39. The molecule has 2 atom stereocenters. The molecule has 2 aliphatic rings. The van der Waals surface area contributed by atoms with E-state index in [9.17, 15) is 14.7 Å². The summed E-state index contributed by atoms with van der Waals surface area (Å²) in [7, 11) is 0. The highest BCUT2D eigenvalue weighted by Crippen LogP contribution is 2.21. The Hall–Kier alpha value is -2.12. The molecule has 1 aromatic carbocycles. The van der Waals surface area contributed by atoms with Crippen LogP contribution in [-0.4, -0.2) is 71.7 Å². The Kier molecular flexibility index (Phi) is 5.01. The minimum absolute atomic E-state index is 0.00426. The smallest absolute Gasteiger partial charge is 0.254 e. The van der Waals surface area contributed by atoms with Gasteiger partial charge in [0.05, 0.1) is 6.10 Å². The van der Waals surface area contributed by atoms with Crippen molar-refractivity contribution in [1.82, 2.24) is 9.80 Å². The molecule has 2 amide bonds. The summed E-state index contributed by atoms with van der Waals surface area (Å²) in [5.74, 6) is -0.0591. The van der Waals surface area contributed by atoms with Crippen molar-refractivity contribution in [3.05, 3.63) is 29.8 Å². The summed E-state index contributed by atoms with van der Waals surface area (Å²) in [4.78, 5) is 28.4. The fraction of sp³-hybridized carbons (Fsp3) is 0.529. The fourth-order valence-electron chi connectivity index (χ4n) is 3.22. The van der Waals surface area contributed by atoms with Gasteiger partial charge in [-0.25, -0.2) is 0 Å². The molecule has 2 aliphatic heterocycles. The highest BCUT2D eigenvalue weighted by molar-refractivity contribution is 5.94. The molecule has 3 rings (SSSR count). The number of phenolic OH excluding ortho intramolecular Hbond substituents is 1. The normalized spacial score (nSPS) is 24.2. The number of amides is 2. The maximum Gasteiger partial charge on any atom is 0.254 e. The molecule has 0 aliphatic carbocycles. The summed E-state index contributed by atoms with van der Waals surface area (Å²) in [6, 6.07) is 6.31. The number of carbonyl (C=O) groups excluding carboxylic acids is 2. The molecule has 3 N–H and O–H groups in total. The molecular weight excluding hydrogens is 310 g/mol. The molecule has 7 nitrogen and oxygen atoms in total. The van der Waals surface area contributed by atoms with E-state index in [0.29, 0.717) is 44.7 Å². The van der Waals surface area contributed by atoms with Crippen molar-refractivity contribution in [1.29, 1.82) is 0 Å². The van der Waals surface area contributed by atoms with Crippen molar-refractivity contribution >= 4 is 11.8 Å². The minimum atomic E-state index is -0.396. The van der Waals surface area contributed by atoms with Crippen molar-refractivity contribution < 1.29 is 19.4 Å². The van der Waals surface area contributed by atoms with Gasteiger partial charge in [0, 0.05) is 38.3 Å². The van der Waals surface area contributed by atoms with E-state index in [1.807, 2.05) is 0 Å². The Bertz CT molecular complexity index is 614. The zero-order valence-electron chi connectivity index (χ0n) is 13.6. The van der Waals surface area contributed by atoms with Gasteiger partial charge in [0.1, 0.15) is 11.9 Å². The third-order valence-electron chi connectivity index (χ3n) is 4.62. The van der Waals surface area contributed by atoms with Crippen LogP contribution in [0, 0.1) is 0 Å². The third-order valence-corrected chi connectivity index (χ3v) is 4.62. The van der Waals surface area contributed by atoms with Gasteiger partial charge in [0.2, 0.25) is 0 Å². The van der Waals surface area contributed by atoms with E-state index < -0.39 is 6.10 Å². The Labute approximate surface area is 141 Å². The SMILES string of the molecule is NC[C@H]1CC[C@@H](C(=O)N2CCN(C(=O)c3cccc(O)c3)CC2)O1. The van der Waals surface area contributed by atoms with E-state index in [1.165, 1.54) is 12.1 Å². The molecular formula is C17H23N3O4. The second kappa shape index (κ2) is 7.19. The summed E-state index contributed by atoms with van der Waals surface area (Å²) >= 11 is 0. The van der Waals surface area contributed by atoms with Crippen LogP contribution in [-0.2, 0) is 9.53 Å². The van der Waals surface area contributed by atoms with Crippen molar-refractivity contribution in [2.45, 2.75) is 25.0 Å². The van der Waals surface area contributed by atoms with Gasteiger partial charge in [-0.05, 0) is 31.0 Å². The second-order valence-electron chi connectivity index (χ2n) is 6.23. The predicted molar refractivity (Wildman–Crippen MR) is 87.5 cm³/mol. The maximum atomic E-state index is 12.5. The summed E-state index contributed by atoms with van der Waals surface area (Å²) in [5, 5.41) is 9.49. The molecule has 24 heavy (non-hydrogen) atoms. The number of nitrogens with zero attached hydrogens (tertiary/aromatic N) is 2. The number of phenols is 1. The van der Waals surface area contributed by atoms with Crippen LogP contribution >= 0.6 is 0 Å². The molecule has 2 heterocycles. The Morgan fingerprint density at radius 1 is 1.17 bits per heavy atom. The lowest BCUT2D eigenvalue weighted by Gasteiger charge is -2.35. The number of aromatic hydroxyl groups is 1. The number of piperazine rings is 1. The zero-order chi connectivity index (χ0) is 17.1. The lowest BCUT2D eigenvalue weighted by molar-refractivity contribution is -0.144. The standard InChI is InChI=1S/C17H23N3O4/c18-11-14-4-5-15(24-14)17(23)20-8-6-19(7-9-20)16(22)12-2-1-3-13(21)10-12/h1-3,10,14-15,21H,4-9,11,18H2/t14-,15+/m1/s1. The monoisotopic (exact) mass is 333 g/mol. The molecule has 7 heteroatoms. The topological polar surface area (TPSA) is 96.1 Å². The summed E-state index contributed by atoms with van der Waals surface area (Å²) in [5.41, 5.74) is 6.04. The largest absolute Gasteiger partial charge is 0.508 e. The first-order valence-corrected chi connectivity index (χ1v) is 8.31. The van der Waals surface area contributed by atoms with Gasteiger partial charge < -0.3 is 25.4 Å². The van der Waals surface area contributed by atoms with Gasteiger partial charge in [0.25, 0.3) is 11.8 Å². The number of ether oxygens (including phenoxy) is 1. The molecule has 0 bridgehead atoms. The third kappa shape index (κ3) is 3.52. The van der Waals surface area contributed by atoms with Crippen LogP contribution < -0.4 is 5.73 Å². The van der Waals surface area contributed by atoms with E-state index in [0.717, 1.165) is 6.42 Å². The first-order valence-electron chi connectivity index (χ1n) is 8.31. The maximum absolute atomic E-state index is 12.5. The van der Waals surface area contributed by atoms with E-state index in [2.05, 4.69) is 0 Å². The van der Waals surface area contributed by atoms with Crippen molar-refractivity contribution in [2.24, 2.45) is 5.73 Å². The van der Waals surface area contributed by atoms with Crippen molar-refractivity contribution in [3.8, 4) is 5.75 Å². The van der Waals surface area contributed by atoms with E-state index in [4.69, 9.17) is 10.5 Å². The summed E-state index contributed by atoms with van der Waals surface area (Å²) in [6.07, 6.45) is 1.12. The Balaban J connectivity index is 1.54. The number of hydrogen-bond acceptors (Lipinski definition) is 5. The van der Waals surface area contributed by atoms with Crippen LogP contribution in [0.4, 0.5) is 0 Å². The molecule has 0 radical (unpaired) electrons. The van der Waals surface area contributed by atoms with Gasteiger partial charge in [-0.3, -0.25) is 9.59 Å². The van der Waals surface area contributed by atoms with Gasteiger partial charge in [0.15, 0.2) is 0 Å². The highest BCUT2D eigenvalue weighted by Gasteiger charge is 2.34. The van der Waals surface area contributed by atoms with Gasteiger partial charge >= 0.3 is 0 Å². The number of hydrogen-bond donors (Lipinski definition) is 2. The van der Waals surface area contributed by atoms with Crippen LogP contribution in [0.15, 0.2) is 24.3 Å². The number of rotatable bonds is 3. The van der Waals surface area contributed by atoms with Crippen molar-refractivity contribution in [3.63, 3.8) is 0 Å².